The monoisotopic (exact) mass is 398 g/mol. The Morgan fingerprint density at radius 1 is 1.00 bits per heavy atom. The molecule has 0 atom stereocenters. The minimum absolute atomic E-state index is 0.0134. The van der Waals surface area contributed by atoms with Crippen LogP contribution in [0, 0.1) is 5.92 Å². The summed E-state index contributed by atoms with van der Waals surface area (Å²) in [7, 11) is 3.14. The maximum atomic E-state index is 12.5. The summed E-state index contributed by atoms with van der Waals surface area (Å²) < 4.78 is 10.5. The van der Waals surface area contributed by atoms with E-state index in [1.807, 2.05) is 30.3 Å². The van der Waals surface area contributed by atoms with Gasteiger partial charge >= 0.3 is 0 Å². The average molecular weight is 398 g/mol. The zero-order chi connectivity index (χ0) is 20.6. The number of para-hydroxylation sites is 1. The number of benzene rings is 2. The summed E-state index contributed by atoms with van der Waals surface area (Å²) in [5.41, 5.74) is 1.41. The summed E-state index contributed by atoms with van der Waals surface area (Å²) in [5, 5.41) is 5.88. The van der Waals surface area contributed by atoms with E-state index in [-0.39, 0.29) is 17.7 Å². The number of rotatable bonds is 7. The summed E-state index contributed by atoms with van der Waals surface area (Å²) in [5.74, 6) is 1.20. The molecule has 0 saturated carbocycles. The maximum Gasteiger partial charge on any atom is 0.279 e. The molecule has 0 bridgehead atoms. The standard InChI is InChI=1S/C22H27N3O4/c1-28-18-8-9-20(29-2)19(14-18)24-21(26)15-25-12-10-16(11-13-25)22(27)23-17-6-4-3-5-7-17/h3-9,14,16H,10-13,15H2,1-2H3,(H,23,27)(H,24,26)/p+1. The van der Waals surface area contributed by atoms with E-state index in [0.29, 0.717) is 23.7 Å². The summed E-state index contributed by atoms with van der Waals surface area (Å²) >= 11 is 0. The van der Waals surface area contributed by atoms with Gasteiger partial charge in [-0.3, -0.25) is 9.59 Å². The van der Waals surface area contributed by atoms with Crippen LogP contribution in [0.4, 0.5) is 11.4 Å². The first kappa shape index (κ1) is 20.7. The highest BCUT2D eigenvalue weighted by Crippen LogP contribution is 2.28. The van der Waals surface area contributed by atoms with Gasteiger partial charge in [-0.15, -0.1) is 0 Å². The molecule has 0 spiro atoms. The number of hydrogen-bond acceptors (Lipinski definition) is 4. The van der Waals surface area contributed by atoms with Crippen molar-refractivity contribution in [1.82, 2.24) is 0 Å². The Morgan fingerprint density at radius 2 is 1.72 bits per heavy atom. The minimum Gasteiger partial charge on any atom is -0.497 e. The molecule has 1 saturated heterocycles. The summed E-state index contributed by atoms with van der Waals surface area (Å²) in [6.07, 6.45) is 1.54. The van der Waals surface area contributed by atoms with E-state index in [9.17, 15) is 9.59 Å². The van der Waals surface area contributed by atoms with Gasteiger partial charge < -0.3 is 25.0 Å². The highest BCUT2D eigenvalue weighted by Gasteiger charge is 2.28. The third kappa shape index (κ3) is 5.71. The van der Waals surface area contributed by atoms with Gasteiger partial charge in [0.15, 0.2) is 6.54 Å². The number of likely N-dealkylation sites (tertiary alicyclic amines) is 1. The zero-order valence-corrected chi connectivity index (χ0v) is 16.9. The number of hydrogen-bond donors (Lipinski definition) is 3. The van der Waals surface area contributed by atoms with Crippen LogP contribution in [0.5, 0.6) is 11.5 Å². The predicted octanol–water partition coefficient (Wildman–Crippen LogP) is 1.58. The fraction of sp³-hybridized carbons (Fsp3) is 0.364. The van der Waals surface area contributed by atoms with Gasteiger partial charge in [-0.1, -0.05) is 18.2 Å². The maximum absolute atomic E-state index is 12.5. The van der Waals surface area contributed by atoms with E-state index in [2.05, 4.69) is 10.6 Å². The molecular formula is C22H28N3O4+. The van der Waals surface area contributed by atoms with Crippen molar-refractivity contribution in [2.45, 2.75) is 12.8 Å². The van der Waals surface area contributed by atoms with Crippen LogP contribution in [0.1, 0.15) is 12.8 Å². The van der Waals surface area contributed by atoms with Gasteiger partial charge in [-0.05, 0) is 24.3 Å². The van der Waals surface area contributed by atoms with Crippen molar-refractivity contribution in [3.63, 3.8) is 0 Å². The third-order valence-corrected chi connectivity index (χ3v) is 5.20. The highest BCUT2D eigenvalue weighted by molar-refractivity contribution is 5.93. The van der Waals surface area contributed by atoms with Gasteiger partial charge in [0.05, 0.1) is 33.0 Å². The van der Waals surface area contributed by atoms with Crippen molar-refractivity contribution in [2.75, 3.05) is 44.5 Å². The lowest BCUT2D eigenvalue weighted by Gasteiger charge is -2.28. The van der Waals surface area contributed by atoms with Crippen molar-refractivity contribution in [3.8, 4) is 11.5 Å². The molecule has 154 valence electrons. The molecule has 7 nitrogen and oxygen atoms in total. The topological polar surface area (TPSA) is 81.1 Å². The second kappa shape index (κ2) is 9.93. The van der Waals surface area contributed by atoms with Crippen LogP contribution in [-0.2, 0) is 9.59 Å². The van der Waals surface area contributed by atoms with E-state index >= 15 is 0 Å². The van der Waals surface area contributed by atoms with Crippen LogP contribution in [0.15, 0.2) is 48.5 Å². The van der Waals surface area contributed by atoms with Crippen molar-refractivity contribution in [2.24, 2.45) is 5.92 Å². The second-order valence-corrected chi connectivity index (χ2v) is 7.17. The fourth-order valence-corrected chi connectivity index (χ4v) is 3.56. The Labute approximate surface area is 171 Å². The number of piperidine rings is 1. The zero-order valence-electron chi connectivity index (χ0n) is 16.9. The summed E-state index contributed by atoms with van der Waals surface area (Å²) in [6, 6.07) is 14.8. The second-order valence-electron chi connectivity index (χ2n) is 7.17. The van der Waals surface area contributed by atoms with Crippen molar-refractivity contribution >= 4 is 23.2 Å². The smallest absolute Gasteiger partial charge is 0.279 e. The molecule has 1 aliphatic rings. The van der Waals surface area contributed by atoms with Crippen LogP contribution in [-0.4, -0.2) is 45.7 Å². The van der Waals surface area contributed by atoms with Crippen LogP contribution < -0.4 is 25.0 Å². The van der Waals surface area contributed by atoms with E-state index < -0.39 is 0 Å². The van der Waals surface area contributed by atoms with E-state index in [1.54, 1.807) is 32.4 Å². The number of quaternary nitrogens is 1. The Kier molecular flexibility index (Phi) is 7.08. The fourth-order valence-electron chi connectivity index (χ4n) is 3.56. The summed E-state index contributed by atoms with van der Waals surface area (Å²) in [4.78, 5) is 26.1. The Hall–Kier alpha value is -3.06. The van der Waals surface area contributed by atoms with Gasteiger partial charge in [-0.2, -0.15) is 0 Å². The quantitative estimate of drug-likeness (QED) is 0.662. The molecule has 2 aromatic carbocycles. The molecule has 0 aliphatic carbocycles. The Morgan fingerprint density at radius 3 is 2.38 bits per heavy atom. The van der Waals surface area contributed by atoms with E-state index in [1.165, 1.54) is 4.90 Å². The van der Waals surface area contributed by atoms with Gasteiger partial charge in [-0.25, -0.2) is 0 Å². The lowest BCUT2D eigenvalue weighted by Crippen LogP contribution is -3.14. The Balaban J connectivity index is 1.48. The number of anilines is 2. The molecular weight excluding hydrogens is 370 g/mol. The molecule has 1 fully saturated rings. The molecule has 3 rings (SSSR count). The van der Waals surface area contributed by atoms with E-state index in [4.69, 9.17) is 9.47 Å². The van der Waals surface area contributed by atoms with Crippen molar-refractivity contribution in [1.29, 1.82) is 0 Å². The first-order chi connectivity index (χ1) is 14.1. The van der Waals surface area contributed by atoms with Crippen molar-refractivity contribution in [3.05, 3.63) is 48.5 Å². The highest BCUT2D eigenvalue weighted by atomic mass is 16.5. The number of carbonyl (C=O) groups is 2. The number of amides is 2. The first-order valence-corrected chi connectivity index (χ1v) is 9.80. The van der Waals surface area contributed by atoms with Gasteiger partial charge in [0.1, 0.15) is 11.5 Å². The molecule has 3 N–H and O–H groups in total. The third-order valence-electron chi connectivity index (χ3n) is 5.20. The molecule has 0 aromatic heterocycles. The molecule has 29 heavy (non-hydrogen) atoms. The van der Waals surface area contributed by atoms with Crippen LogP contribution >= 0.6 is 0 Å². The number of methoxy groups -OCH3 is 2. The van der Waals surface area contributed by atoms with Crippen LogP contribution in [0.3, 0.4) is 0 Å². The molecule has 0 radical (unpaired) electrons. The lowest BCUT2D eigenvalue weighted by molar-refractivity contribution is -0.897. The molecule has 1 heterocycles. The normalized spacial score (nSPS) is 18.6. The minimum atomic E-state index is -0.0845. The number of nitrogens with one attached hydrogen (secondary N) is 3. The molecule has 0 unspecified atom stereocenters. The SMILES string of the molecule is COc1ccc(OC)c(NC(=O)C[NH+]2CCC(C(=O)Nc3ccccc3)CC2)c1. The number of carbonyl (C=O) groups excluding carboxylic acids is 2. The van der Waals surface area contributed by atoms with Gasteiger partial charge in [0, 0.05) is 30.5 Å². The number of ether oxygens (including phenoxy) is 2. The summed E-state index contributed by atoms with van der Waals surface area (Å²) in [6.45, 7) is 1.93. The van der Waals surface area contributed by atoms with E-state index in [0.717, 1.165) is 31.6 Å². The average Bonchev–Trinajstić information content (AvgIpc) is 2.74. The first-order valence-electron chi connectivity index (χ1n) is 9.80. The lowest BCUT2D eigenvalue weighted by atomic mass is 9.96. The molecule has 7 heteroatoms. The largest absolute Gasteiger partial charge is 0.497 e. The molecule has 2 aromatic rings. The Bertz CT molecular complexity index is 833. The predicted molar refractivity (Wildman–Crippen MR) is 112 cm³/mol. The van der Waals surface area contributed by atoms with Crippen LogP contribution in [0.2, 0.25) is 0 Å². The van der Waals surface area contributed by atoms with Gasteiger partial charge in [0.2, 0.25) is 5.91 Å². The van der Waals surface area contributed by atoms with Gasteiger partial charge in [0.25, 0.3) is 5.91 Å². The molecule has 2 amide bonds. The molecule has 1 aliphatic heterocycles. The van der Waals surface area contributed by atoms with Crippen LogP contribution in [0.25, 0.3) is 0 Å². The van der Waals surface area contributed by atoms with Crippen molar-refractivity contribution < 1.29 is 24.0 Å².